The molecule has 1 unspecified atom stereocenters. The summed E-state index contributed by atoms with van der Waals surface area (Å²) in [5.74, 6) is 2.01. The molecule has 8 nitrogen and oxygen atoms in total. The Kier molecular flexibility index (Phi) is 5.89. The zero-order valence-electron chi connectivity index (χ0n) is 19.5. The Hall–Kier alpha value is -2.68. The van der Waals surface area contributed by atoms with Gasteiger partial charge in [-0.05, 0) is 55.7 Å². The van der Waals surface area contributed by atoms with Gasteiger partial charge in [-0.15, -0.1) is 0 Å². The van der Waals surface area contributed by atoms with Crippen molar-refractivity contribution in [1.82, 2.24) is 19.4 Å². The van der Waals surface area contributed by atoms with Crippen LogP contribution in [-0.4, -0.2) is 69.6 Å². The Labute approximate surface area is 199 Å². The van der Waals surface area contributed by atoms with E-state index in [1.165, 1.54) is 6.42 Å². The Bertz CT molecular complexity index is 1150. The minimum atomic E-state index is -0.138. The molecule has 34 heavy (non-hydrogen) atoms. The van der Waals surface area contributed by atoms with Crippen molar-refractivity contribution >= 4 is 16.9 Å². The van der Waals surface area contributed by atoms with Crippen LogP contribution in [0.2, 0.25) is 0 Å². The van der Waals surface area contributed by atoms with Crippen molar-refractivity contribution in [1.29, 1.82) is 0 Å². The molecule has 3 fully saturated rings. The molecule has 8 heteroatoms. The van der Waals surface area contributed by atoms with Crippen LogP contribution in [0.4, 0.5) is 5.82 Å². The molecule has 1 saturated carbocycles. The third-order valence-corrected chi connectivity index (χ3v) is 7.55. The number of aliphatic hydroxyl groups is 1. The van der Waals surface area contributed by atoms with E-state index in [2.05, 4.69) is 37.8 Å². The summed E-state index contributed by atoms with van der Waals surface area (Å²) in [6, 6.07) is 8.59. The van der Waals surface area contributed by atoms with Gasteiger partial charge in [0.05, 0.1) is 17.6 Å². The number of benzene rings is 1. The van der Waals surface area contributed by atoms with Crippen molar-refractivity contribution in [3.63, 3.8) is 0 Å². The van der Waals surface area contributed by atoms with E-state index in [4.69, 9.17) is 15.2 Å². The van der Waals surface area contributed by atoms with Crippen molar-refractivity contribution in [2.24, 2.45) is 5.92 Å². The molecule has 0 spiro atoms. The van der Waals surface area contributed by atoms with Gasteiger partial charge in [-0.3, -0.25) is 4.90 Å². The lowest BCUT2D eigenvalue weighted by Crippen LogP contribution is -2.53. The molecule has 3 N–H and O–H groups in total. The average molecular weight is 464 g/mol. The number of rotatable bonds is 7. The zero-order valence-corrected chi connectivity index (χ0v) is 19.5. The SMILES string of the molecule is Nc1ncnc2c1c(-c1cccc(OCC3CCCCO3)c1)cn2[C@H]1C[C@H](CN2CC(O)C2)C1. The second-order valence-electron chi connectivity index (χ2n) is 10.1. The molecular weight excluding hydrogens is 430 g/mol. The van der Waals surface area contributed by atoms with E-state index in [0.29, 0.717) is 24.4 Å². The van der Waals surface area contributed by atoms with Gasteiger partial charge in [0.25, 0.3) is 0 Å². The van der Waals surface area contributed by atoms with Crippen LogP contribution < -0.4 is 10.5 Å². The van der Waals surface area contributed by atoms with Crippen LogP contribution in [-0.2, 0) is 4.74 Å². The first kappa shape index (κ1) is 21.8. The van der Waals surface area contributed by atoms with Crippen molar-refractivity contribution in [2.75, 3.05) is 38.6 Å². The summed E-state index contributed by atoms with van der Waals surface area (Å²) < 4.78 is 14.2. The van der Waals surface area contributed by atoms with Gasteiger partial charge < -0.3 is 24.9 Å². The van der Waals surface area contributed by atoms with Crippen molar-refractivity contribution in [3.05, 3.63) is 36.8 Å². The molecule has 2 aliphatic heterocycles. The van der Waals surface area contributed by atoms with Gasteiger partial charge in [-0.25, -0.2) is 9.97 Å². The highest BCUT2D eigenvalue weighted by Crippen LogP contribution is 2.43. The predicted octanol–water partition coefficient (Wildman–Crippen LogP) is 3.26. The maximum Gasteiger partial charge on any atom is 0.146 e. The molecular formula is C26H33N5O3. The third kappa shape index (κ3) is 4.26. The minimum Gasteiger partial charge on any atom is -0.491 e. The maximum absolute atomic E-state index is 9.54. The molecule has 4 heterocycles. The zero-order chi connectivity index (χ0) is 23.1. The smallest absolute Gasteiger partial charge is 0.146 e. The number of anilines is 1. The maximum atomic E-state index is 9.54. The van der Waals surface area contributed by atoms with E-state index in [9.17, 15) is 5.11 Å². The van der Waals surface area contributed by atoms with E-state index in [1.54, 1.807) is 6.33 Å². The predicted molar refractivity (Wildman–Crippen MR) is 131 cm³/mol. The summed E-state index contributed by atoms with van der Waals surface area (Å²) in [5, 5.41) is 10.4. The number of aliphatic hydroxyl groups excluding tert-OH is 1. The Morgan fingerprint density at radius 2 is 2.06 bits per heavy atom. The molecule has 3 aliphatic rings. The van der Waals surface area contributed by atoms with E-state index in [-0.39, 0.29) is 12.2 Å². The van der Waals surface area contributed by atoms with Gasteiger partial charge in [0.2, 0.25) is 0 Å². The van der Waals surface area contributed by atoms with Crippen molar-refractivity contribution in [3.8, 4) is 16.9 Å². The summed E-state index contributed by atoms with van der Waals surface area (Å²) in [5.41, 5.74) is 9.34. The molecule has 3 aromatic rings. The fourth-order valence-electron chi connectivity index (χ4n) is 5.62. The van der Waals surface area contributed by atoms with Gasteiger partial charge in [0.15, 0.2) is 0 Å². The first-order valence-electron chi connectivity index (χ1n) is 12.5. The van der Waals surface area contributed by atoms with Gasteiger partial charge >= 0.3 is 0 Å². The largest absolute Gasteiger partial charge is 0.491 e. The normalized spacial score (nSPS) is 25.7. The molecule has 180 valence electrons. The Morgan fingerprint density at radius 1 is 1.18 bits per heavy atom. The number of β-amino-alcohol motifs (C(OH)–C–C–N with tert-alkyl or cyclic N) is 1. The first-order valence-corrected chi connectivity index (χ1v) is 12.5. The van der Waals surface area contributed by atoms with E-state index < -0.39 is 0 Å². The summed E-state index contributed by atoms with van der Waals surface area (Å²) in [4.78, 5) is 11.2. The number of nitrogens with zero attached hydrogens (tertiary/aromatic N) is 4. The number of fused-ring (bicyclic) bond motifs is 1. The first-order chi connectivity index (χ1) is 16.6. The van der Waals surface area contributed by atoms with Crippen LogP contribution in [0.25, 0.3) is 22.2 Å². The second-order valence-corrected chi connectivity index (χ2v) is 10.1. The molecule has 2 saturated heterocycles. The Morgan fingerprint density at radius 3 is 2.85 bits per heavy atom. The standard InChI is InChI=1S/C26H33N5O3/c27-25-24-23(18-4-3-6-21(10-18)34-15-22-5-1-2-7-33-22)14-31(26(24)29-16-28-25)19-8-17(9-19)11-30-12-20(32)13-30/h3-4,6,10,14,16-17,19-20,22,32H,1-2,5,7-9,11-13,15H2,(H2,27,28,29)/t17-,19-,22?. The van der Waals surface area contributed by atoms with Gasteiger partial charge in [-0.2, -0.15) is 0 Å². The average Bonchev–Trinajstić information content (AvgIpc) is 3.20. The second kappa shape index (κ2) is 9.17. The van der Waals surface area contributed by atoms with Gasteiger partial charge in [0.1, 0.15) is 30.1 Å². The van der Waals surface area contributed by atoms with Gasteiger partial charge in [0, 0.05) is 44.0 Å². The fourth-order valence-corrected chi connectivity index (χ4v) is 5.62. The number of hydrogen-bond acceptors (Lipinski definition) is 7. The molecule has 0 amide bonds. The molecule has 1 aliphatic carbocycles. The quantitative estimate of drug-likeness (QED) is 0.555. The number of nitrogens with two attached hydrogens (primary N) is 1. The van der Waals surface area contributed by atoms with Gasteiger partial charge in [-0.1, -0.05) is 12.1 Å². The highest BCUT2D eigenvalue weighted by atomic mass is 16.5. The molecule has 6 rings (SSSR count). The summed E-state index contributed by atoms with van der Waals surface area (Å²) >= 11 is 0. The van der Waals surface area contributed by atoms with E-state index in [1.807, 2.05) is 12.1 Å². The summed E-state index contributed by atoms with van der Waals surface area (Å²) in [6.07, 6.45) is 9.41. The number of likely N-dealkylation sites (tertiary alicyclic amines) is 1. The molecule has 1 aromatic carbocycles. The minimum absolute atomic E-state index is 0.138. The molecule has 0 radical (unpaired) electrons. The highest BCUT2D eigenvalue weighted by Gasteiger charge is 2.36. The van der Waals surface area contributed by atoms with Crippen LogP contribution in [0.15, 0.2) is 36.8 Å². The van der Waals surface area contributed by atoms with Crippen LogP contribution in [0.3, 0.4) is 0 Å². The lowest BCUT2D eigenvalue weighted by Gasteiger charge is -2.43. The topological polar surface area (TPSA) is 98.7 Å². The highest BCUT2D eigenvalue weighted by molar-refractivity contribution is 6.00. The summed E-state index contributed by atoms with van der Waals surface area (Å²) in [7, 11) is 0. The Balaban J connectivity index is 1.22. The number of aromatic nitrogens is 3. The molecule has 2 aromatic heterocycles. The van der Waals surface area contributed by atoms with Crippen LogP contribution in [0.1, 0.15) is 38.1 Å². The summed E-state index contributed by atoms with van der Waals surface area (Å²) in [6.45, 7) is 4.10. The van der Waals surface area contributed by atoms with Crippen molar-refractivity contribution < 1.29 is 14.6 Å². The van der Waals surface area contributed by atoms with Crippen LogP contribution in [0, 0.1) is 5.92 Å². The van der Waals surface area contributed by atoms with Crippen LogP contribution in [0.5, 0.6) is 5.75 Å². The van der Waals surface area contributed by atoms with E-state index in [0.717, 1.165) is 79.8 Å². The van der Waals surface area contributed by atoms with E-state index >= 15 is 0 Å². The lowest BCUT2D eigenvalue weighted by atomic mass is 9.79. The number of ether oxygens (including phenoxy) is 2. The fraction of sp³-hybridized carbons (Fsp3) is 0.538. The van der Waals surface area contributed by atoms with Crippen LogP contribution >= 0.6 is 0 Å². The third-order valence-electron chi connectivity index (χ3n) is 7.55. The molecule has 0 bridgehead atoms. The lowest BCUT2D eigenvalue weighted by molar-refractivity contribution is -0.0188. The molecule has 1 atom stereocenters. The number of nitrogen functional groups attached to an aromatic ring is 1. The van der Waals surface area contributed by atoms with Crippen molar-refractivity contribution in [2.45, 2.75) is 50.4 Å². The monoisotopic (exact) mass is 463 g/mol. The number of hydrogen-bond donors (Lipinski definition) is 2.